The predicted molar refractivity (Wildman–Crippen MR) is 85.8 cm³/mol. The lowest BCUT2D eigenvalue weighted by molar-refractivity contribution is 0.507. The average molecular weight is 348 g/mol. The first-order chi connectivity index (χ1) is 11.0. The summed E-state index contributed by atoms with van der Waals surface area (Å²) in [4.78, 5) is 4.56. The maximum Gasteiger partial charge on any atom is 0.159 e. The van der Waals surface area contributed by atoms with Gasteiger partial charge in [-0.15, -0.1) is 23.5 Å². The quantitative estimate of drug-likeness (QED) is 0.848. The van der Waals surface area contributed by atoms with Crippen LogP contribution in [0.4, 0.5) is 14.6 Å². The Labute approximate surface area is 140 Å². The first-order valence-electron chi connectivity index (χ1n) is 6.26. The van der Waals surface area contributed by atoms with E-state index in [9.17, 15) is 14.0 Å². The summed E-state index contributed by atoms with van der Waals surface area (Å²) in [5.74, 6) is -1.51. The van der Waals surface area contributed by atoms with Gasteiger partial charge in [-0.2, -0.15) is 10.5 Å². The van der Waals surface area contributed by atoms with Crippen LogP contribution in [0.1, 0.15) is 16.7 Å². The number of aromatic nitrogens is 1. The summed E-state index contributed by atoms with van der Waals surface area (Å²) in [6, 6.07) is 7.57. The molecule has 0 aliphatic carbocycles. The molecule has 116 valence electrons. The summed E-state index contributed by atoms with van der Waals surface area (Å²) in [6.45, 7) is 0. The Bertz CT molecular complexity index is 841. The number of benzene rings is 1. The summed E-state index contributed by atoms with van der Waals surface area (Å²) >= 11 is 2.41. The number of rotatable bonds is 4. The van der Waals surface area contributed by atoms with Crippen molar-refractivity contribution in [3.05, 3.63) is 46.5 Å². The molecule has 4 nitrogen and oxygen atoms in total. The van der Waals surface area contributed by atoms with E-state index in [2.05, 4.69) is 4.98 Å². The van der Waals surface area contributed by atoms with Gasteiger partial charge in [-0.1, -0.05) is 6.07 Å². The molecule has 0 aliphatic heterocycles. The van der Waals surface area contributed by atoms with Crippen molar-refractivity contribution in [1.29, 1.82) is 10.5 Å². The second-order valence-corrected chi connectivity index (χ2v) is 6.13. The molecular weight excluding hydrogens is 338 g/mol. The molecule has 8 heteroatoms. The smallest absolute Gasteiger partial charge is 0.159 e. The third-order valence-electron chi connectivity index (χ3n) is 2.93. The number of nitriles is 2. The molecule has 0 unspecified atom stereocenters. The van der Waals surface area contributed by atoms with Crippen LogP contribution < -0.4 is 5.73 Å². The molecule has 0 bridgehead atoms. The molecule has 0 atom stereocenters. The fourth-order valence-electron chi connectivity index (χ4n) is 1.86. The van der Waals surface area contributed by atoms with Gasteiger partial charge in [-0.05, 0) is 24.0 Å². The Hall–Kier alpha value is -2.29. The molecule has 2 aromatic rings. The minimum atomic E-state index is -0.930. The van der Waals surface area contributed by atoms with Crippen LogP contribution in [-0.2, 0) is 5.75 Å². The number of nitrogens with two attached hydrogens (primary N) is 1. The van der Waals surface area contributed by atoms with Crippen LogP contribution in [0.25, 0.3) is 0 Å². The highest BCUT2D eigenvalue weighted by molar-refractivity contribution is 7.99. The first-order valence-corrected chi connectivity index (χ1v) is 8.47. The van der Waals surface area contributed by atoms with Gasteiger partial charge in [0.15, 0.2) is 11.6 Å². The Balaban J connectivity index is 2.37. The highest BCUT2D eigenvalue weighted by Gasteiger charge is 2.18. The first kappa shape index (κ1) is 17.1. The van der Waals surface area contributed by atoms with Crippen molar-refractivity contribution >= 4 is 29.3 Å². The van der Waals surface area contributed by atoms with Crippen molar-refractivity contribution in [2.45, 2.75) is 15.7 Å². The van der Waals surface area contributed by atoms with Crippen LogP contribution >= 0.6 is 23.5 Å². The minimum Gasteiger partial charge on any atom is -0.383 e. The number of anilines is 1. The third kappa shape index (κ3) is 3.55. The molecule has 0 saturated carbocycles. The standard InChI is InChI=1S/C15H10F2N4S2/c1-22-13-9(5-18)14(20)21-15(10(13)6-19)23-7-8-2-3-11(16)12(17)4-8/h2-4H,7H2,1H3,(H2,20,21). The van der Waals surface area contributed by atoms with E-state index in [-0.39, 0.29) is 22.7 Å². The largest absolute Gasteiger partial charge is 0.383 e. The van der Waals surface area contributed by atoms with Gasteiger partial charge in [-0.3, -0.25) is 0 Å². The molecule has 0 aliphatic rings. The Morgan fingerprint density at radius 2 is 1.87 bits per heavy atom. The van der Waals surface area contributed by atoms with Gasteiger partial charge in [0, 0.05) is 10.6 Å². The molecule has 0 saturated heterocycles. The van der Waals surface area contributed by atoms with E-state index in [1.54, 1.807) is 6.26 Å². The molecule has 0 fully saturated rings. The lowest BCUT2D eigenvalue weighted by Gasteiger charge is -2.10. The van der Waals surface area contributed by atoms with Gasteiger partial charge >= 0.3 is 0 Å². The van der Waals surface area contributed by atoms with E-state index in [1.165, 1.54) is 29.6 Å². The molecule has 0 amide bonds. The minimum absolute atomic E-state index is 0.0450. The zero-order valence-corrected chi connectivity index (χ0v) is 13.6. The lowest BCUT2D eigenvalue weighted by atomic mass is 10.2. The fourth-order valence-corrected chi connectivity index (χ4v) is 3.56. The van der Waals surface area contributed by atoms with Crippen LogP contribution in [-0.4, -0.2) is 11.2 Å². The predicted octanol–water partition coefficient (Wildman–Crippen LogP) is 3.70. The second kappa shape index (κ2) is 7.32. The fraction of sp³-hybridized carbons (Fsp3) is 0.133. The highest BCUT2D eigenvalue weighted by atomic mass is 32.2. The summed E-state index contributed by atoms with van der Waals surface area (Å²) in [5.41, 5.74) is 6.75. The number of nitrogens with zero attached hydrogens (tertiary/aromatic N) is 3. The number of hydrogen-bond donors (Lipinski definition) is 1. The van der Waals surface area contributed by atoms with Crippen molar-refractivity contribution in [2.75, 3.05) is 12.0 Å². The number of halogens is 2. The molecule has 1 aromatic carbocycles. The zero-order valence-electron chi connectivity index (χ0n) is 11.9. The Morgan fingerprint density at radius 3 is 2.43 bits per heavy atom. The van der Waals surface area contributed by atoms with E-state index < -0.39 is 11.6 Å². The Morgan fingerprint density at radius 1 is 1.17 bits per heavy atom. The maximum absolute atomic E-state index is 13.2. The molecule has 2 N–H and O–H groups in total. The molecule has 23 heavy (non-hydrogen) atoms. The van der Waals surface area contributed by atoms with E-state index in [0.29, 0.717) is 15.5 Å². The maximum atomic E-state index is 13.2. The van der Waals surface area contributed by atoms with Crippen molar-refractivity contribution in [3.8, 4) is 12.1 Å². The third-order valence-corrected chi connectivity index (χ3v) is 4.80. The lowest BCUT2D eigenvalue weighted by Crippen LogP contribution is -2.02. The monoisotopic (exact) mass is 348 g/mol. The normalized spacial score (nSPS) is 10.1. The molecule has 1 aromatic heterocycles. The van der Waals surface area contributed by atoms with Crippen LogP contribution in [0.2, 0.25) is 0 Å². The van der Waals surface area contributed by atoms with E-state index >= 15 is 0 Å². The molecule has 0 spiro atoms. The van der Waals surface area contributed by atoms with Gasteiger partial charge in [0.25, 0.3) is 0 Å². The van der Waals surface area contributed by atoms with Gasteiger partial charge in [0.2, 0.25) is 0 Å². The number of thioether (sulfide) groups is 2. The van der Waals surface area contributed by atoms with Crippen LogP contribution in [0.3, 0.4) is 0 Å². The second-order valence-electron chi connectivity index (χ2n) is 4.35. The summed E-state index contributed by atoms with van der Waals surface area (Å²) in [7, 11) is 0. The van der Waals surface area contributed by atoms with Crippen LogP contribution in [0.5, 0.6) is 0 Å². The van der Waals surface area contributed by atoms with Gasteiger partial charge in [0.05, 0.1) is 5.56 Å². The van der Waals surface area contributed by atoms with E-state index in [0.717, 1.165) is 12.1 Å². The molecule has 1 heterocycles. The molecular formula is C15H10F2N4S2. The van der Waals surface area contributed by atoms with Gasteiger partial charge in [0.1, 0.15) is 28.5 Å². The van der Waals surface area contributed by atoms with Crippen molar-refractivity contribution < 1.29 is 8.78 Å². The van der Waals surface area contributed by atoms with E-state index in [1.807, 2.05) is 12.1 Å². The highest BCUT2D eigenvalue weighted by Crippen LogP contribution is 2.35. The molecule has 2 rings (SSSR count). The molecule has 0 radical (unpaired) electrons. The van der Waals surface area contributed by atoms with E-state index in [4.69, 9.17) is 11.0 Å². The van der Waals surface area contributed by atoms with Gasteiger partial charge < -0.3 is 5.73 Å². The van der Waals surface area contributed by atoms with Crippen LogP contribution in [0, 0.1) is 34.3 Å². The SMILES string of the molecule is CSc1c(C#N)c(N)nc(SCc2ccc(F)c(F)c2)c1C#N. The summed E-state index contributed by atoms with van der Waals surface area (Å²) < 4.78 is 26.1. The summed E-state index contributed by atoms with van der Waals surface area (Å²) in [6.07, 6.45) is 1.74. The van der Waals surface area contributed by atoms with Crippen molar-refractivity contribution in [2.24, 2.45) is 0 Å². The number of pyridine rings is 1. The van der Waals surface area contributed by atoms with Crippen molar-refractivity contribution in [1.82, 2.24) is 4.98 Å². The van der Waals surface area contributed by atoms with Crippen molar-refractivity contribution in [3.63, 3.8) is 0 Å². The Kier molecular flexibility index (Phi) is 5.43. The van der Waals surface area contributed by atoms with Gasteiger partial charge in [-0.25, -0.2) is 13.8 Å². The summed E-state index contributed by atoms with van der Waals surface area (Å²) in [5, 5.41) is 18.8. The number of hydrogen-bond acceptors (Lipinski definition) is 6. The average Bonchev–Trinajstić information content (AvgIpc) is 2.55. The van der Waals surface area contributed by atoms with Crippen LogP contribution in [0.15, 0.2) is 28.1 Å². The topological polar surface area (TPSA) is 86.5 Å². The number of nitrogen functional groups attached to an aromatic ring is 1. The zero-order chi connectivity index (χ0) is 17.0.